The first-order valence-electron chi connectivity index (χ1n) is 4.52. The van der Waals surface area contributed by atoms with Gasteiger partial charge in [0.1, 0.15) is 0 Å². The van der Waals surface area contributed by atoms with Gasteiger partial charge in [-0.3, -0.25) is 0 Å². The number of rotatable bonds is 6. The van der Waals surface area contributed by atoms with Gasteiger partial charge >= 0.3 is 0 Å². The molecule has 2 heteroatoms. The second-order valence-electron chi connectivity index (χ2n) is 3.30. The standard InChI is InChI=1S/C9H18S2/c1-3-10-6-8(2)7-11-9-4-5-9/h8-9H,3-7H2,1-2H3. The van der Waals surface area contributed by atoms with Crippen LogP contribution >= 0.6 is 23.5 Å². The van der Waals surface area contributed by atoms with Crippen LogP contribution in [-0.2, 0) is 0 Å². The highest BCUT2D eigenvalue weighted by molar-refractivity contribution is 8.00. The van der Waals surface area contributed by atoms with E-state index in [4.69, 9.17) is 0 Å². The first-order valence-corrected chi connectivity index (χ1v) is 6.72. The van der Waals surface area contributed by atoms with Gasteiger partial charge in [0.25, 0.3) is 0 Å². The zero-order valence-corrected chi connectivity index (χ0v) is 9.14. The largest absolute Gasteiger partial charge is 0.162 e. The maximum Gasteiger partial charge on any atom is 0.00479 e. The van der Waals surface area contributed by atoms with E-state index in [1.54, 1.807) is 0 Å². The molecule has 1 rings (SSSR count). The van der Waals surface area contributed by atoms with Crippen molar-refractivity contribution in [3.8, 4) is 0 Å². The second-order valence-corrected chi connectivity index (χ2v) is 5.95. The molecule has 0 spiro atoms. The van der Waals surface area contributed by atoms with Gasteiger partial charge in [-0.05, 0) is 36.0 Å². The molecule has 0 aromatic heterocycles. The van der Waals surface area contributed by atoms with Crippen LogP contribution in [0.2, 0.25) is 0 Å². The average molecular weight is 190 g/mol. The molecule has 0 N–H and O–H groups in total. The summed E-state index contributed by atoms with van der Waals surface area (Å²) in [5.74, 6) is 4.94. The Kier molecular flexibility index (Phi) is 4.77. The molecule has 0 saturated heterocycles. The normalized spacial score (nSPS) is 20.2. The van der Waals surface area contributed by atoms with Crippen LogP contribution in [0.25, 0.3) is 0 Å². The first-order chi connectivity index (χ1) is 5.33. The maximum atomic E-state index is 2.37. The van der Waals surface area contributed by atoms with Gasteiger partial charge in [0, 0.05) is 5.25 Å². The van der Waals surface area contributed by atoms with Crippen molar-refractivity contribution in [2.24, 2.45) is 5.92 Å². The SMILES string of the molecule is CCSCC(C)CSC1CC1. The highest BCUT2D eigenvalue weighted by Gasteiger charge is 2.22. The third kappa shape index (κ3) is 5.02. The van der Waals surface area contributed by atoms with Crippen LogP contribution < -0.4 is 0 Å². The van der Waals surface area contributed by atoms with Gasteiger partial charge in [-0.1, -0.05) is 13.8 Å². The van der Waals surface area contributed by atoms with Crippen LogP contribution in [0, 0.1) is 5.92 Å². The summed E-state index contributed by atoms with van der Waals surface area (Å²) in [6.07, 6.45) is 2.97. The molecule has 11 heavy (non-hydrogen) atoms. The van der Waals surface area contributed by atoms with E-state index >= 15 is 0 Å². The topological polar surface area (TPSA) is 0 Å². The molecule has 1 aliphatic rings. The molecule has 66 valence electrons. The van der Waals surface area contributed by atoms with Crippen LogP contribution in [0.5, 0.6) is 0 Å². The Morgan fingerprint density at radius 3 is 2.64 bits per heavy atom. The lowest BCUT2D eigenvalue weighted by atomic mass is 10.3. The van der Waals surface area contributed by atoms with Gasteiger partial charge in [0.15, 0.2) is 0 Å². The molecule has 1 aliphatic carbocycles. The highest BCUT2D eigenvalue weighted by Crippen LogP contribution is 2.35. The van der Waals surface area contributed by atoms with E-state index in [-0.39, 0.29) is 0 Å². The van der Waals surface area contributed by atoms with Gasteiger partial charge < -0.3 is 0 Å². The predicted octanol–water partition coefficient (Wildman–Crippen LogP) is 3.27. The third-order valence-electron chi connectivity index (χ3n) is 1.75. The molecule has 1 unspecified atom stereocenters. The van der Waals surface area contributed by atoms with Crippen molar-refractivity contribution in [1.29, 1.82) is 0 Å². The van der Waals surface area contributed by atoms with E-state index in [2.05, 4.69) is 37.4 Å². The van der Waals surface area contributed by atoms with Crippen molar-refractivity contribution < 1.29 is 0 Å². The molecule has 0 amide bonds. The zero-order valence-electron chi connectivity index (χ0n) is 7.51. The van der Waals surface area contributed by atoms with Crippen molar-refractivity contribution in [1.82, 2.24) is 0 Å². The van der Waals surface area contributed by atoms with Gasteiger partial charge in [-0.25, -0.2) is 0 Å². The van der Waals surface area contributed by atoms with Crippen molar-refractivity contribution in [2.45, 2.75) is 31.9 Å². The summed E-state index contributed by atoms with van der Waals surface area (Å²) in [5.41, 5.74) is 0. The van der Waals surface area contributed by atoms with Crippen molar-refractivity contribution in [2.75, 3.05) is 17.3 Å². The van der Waals surface area contributed by atoms with E-state index in [1.165, 1.54) is 30.1 Å². The minimum absolute atomic E-state index is 0.922. The minimum Gasteiger partial charge on any atom is -0.162 e. The molecule has 1 fully saturated rings. The molecule has 0 heterocycles. The summed E-state index contributed by atoms with van der Waals surface area (Å²) in [7, 11) is 0. The zero-order chi connectivity index (χ0) is 8.10. The highest BCUT2D eigenvalue weighted by atomic mass is 32.2. The van der Waals surface area contributed by atoms with Crippen LogP contribution in [0.4, 0.5) is 0 Å². The van der Waals surface area contributed by atoms with E-state index in [9.17, 15) is 0 Å². The lowest BCUT2D eigenvalue weighted by Crippen LogP contribution is -2.02. The van der Waals surface area contributed by atoms with Crippen molar-refractivity contribution >= 4 is 23.5 Å². The lowest BCUT2D eigenvalue weighted by Gasteiger charge is -2.08. The molecule has 0 aliphatic heterocycles. The molecule has 0 aromatic rings. The monoisotopic (exact) mass is 190 g/mol. The molecular weight excluding hydrogens is 172 g/mol. The van der Waals surface area contributed by atoms with Crippen LogP contribution in [-0.4, -0.2) is 22.5 Å². The van der Waals surface area contributed by atoms with E-state index in [1.807, 2.05) is 0 Å². The van der Waals surface area contributed by atoms with Crippen LogP contribution in [0.3, 0.4) is 0 Å². The van der Waals surface area contributed by atoms with E-state index < -0.39 is 0 Å². The third-order valence-corrected chi connectivity index (χ3v) is 4.66. The van der Waals surface area contributed by atoms with Crippen molar-refractivity contribution in [3.63, 3.8) is 0 Å². The summed E-state index contributed by atoms with van der Waals surface area (Å²) < 4.78 is 0. The van der Waals surface area contributed by atoms with E-state index in [0.717, 1.165) is 11.2 Å². The quantitative estimate of drug-likeness (QED) is 0.630. The Morgan fingerprint density at radius 1 is 1.36 bits per heavy atom. The smallest absolute Gasteiger partial charge is 0.00479 e. The summed E-state index contributed by atoms with van der Waals surface area (Å²) >= 11 is 4.26. The second kappa shape index (κ2) is 5.36. The maximum absolute atomic E-state index is 2.37. The fourth-order valence-corrected chi connectivity index (χ4v) is 3.00. The molecule has 0 bridgehead atoms. The Balaban J connectivity index is 1.87. The predicted molar refractivity (Wildman–Crippen MR) is 57.6 cm³/mol. The summed E-state index contributed by atoms with van der Waals surface area (Å²) in [6.45, 7) is 4.61. The molecular formula is C9H18S2. The fourth-order valence-electron chi connectivity index (χ4n) is 0.902. The number of thioether (sulfide) groups is 2. The van der Waals surface area contributed by atoms with Gasteiger partial charge in [-0.2, -0.15) is 23.5 Å². The molecule has 0 aromatic carbocycles. The number of hydrogen-bond acceptors (Lipinski definition) is 2. The van der Waals surface area contributed by atoms with Gasteiger partial charge in [-0.15, -0.1) is 0 Å². The summed E-state index contributed by atoms with van der Waals surface area (Å²) in [4.78, 5) is 0. The Hall–Kier alpha value is 0.700. The Bertz CT molecular complexity index is 99.7. The average Bonchev–Trinajstić information content (AvgIpc) is 2.80. The molecule has 0 radical (unpaired) electrons. The van der Waals surface area contributed by atoms with Gasteiger partial charge in [0.2, 0.25) is 0 Å². The van der Waals surface area contributed by atoms with Gasteiger partial charge in [0.05, 0.1) is 0 Å². The fraction of sp³-hybridized carbons (Fsp3) is 1.00. The Morgan fingerprint density at radius 2 is 2.09 bits per heavy atom. The van der Waals surface area contributed by atoms with E-state index in [0.29, 0.717) is 0 Å². The summed E-state index contributed by atoms with van der Waals surface area (Å²) in [5, 5.41) is 1.05. The first kappa shape index (κ1) is 9.79. The van der Waals surface area contributed by atoms with Crippen LogP contribution in [0.15, 0.2) is 0 Å². The molecule has 1 atom stereocenters. The number of hydrogen-bond donors (Lipinski definition) is 0. The summed E-state index contributed by atoms with van der Waals surface area (Å²) in [6, 6.07) is 0. The molecule has 1 saturated carbocycles. The van der Waals surface area contributed by atoms with Crippen molar-refractivity contribution in [3.05, 3.63) is 0 Å². The minimum atomic E-state index is 0.922. The molecule has 0 nitrogen and oxygen atoms in total. The van der Waals surface area contributed by atoms with Crippen LogP contribution in [0.1, 0.15) is 26.7 Å². The lowest BCUT2D eigenvalue weighted by molar-refractivity contribution is 0.764. The Labute approximate surface area is 78.9 Å².